The van der Waals surface area contributed by atoms with Crippen molar-refractivity contribution in [3.05, 3.63) is 72.3 Å². The summed E-state index contributed by atoms with van der Waals surface area (Å²) in [5.74, 6) is 0.534. The van der Waals surface area contributed by atoms with E-state index in [0.717, 1.165) is 32.6 Å². The Morgan fingerprint density at radius 1 is 1.03 bits per heavy atom. The van der Waals surface area contributed by atoms with Gasteiger partial charge in [-0.05, 0) is 51.1 Å². The van der Waals surface area contributed by atoms with Gasteiger partial charge in [0.15, 0.2) is 0 Å². The van der Waals surface area contributed by atoms with Crippen LogP contribution in [0.1, 0.15) is 26.3 Å². The quantitative estimate of drug-likeness (QED) is 0.156. The number of aromatic nitrogens is 2. The molecule has 2 N–H and O–H groups in total. The lowest BCUT2D eigenvalue weighted by molar-refractivity contribution is -0.432. The second-order valence-corrected chi connectivity index (χ2v) is 8.58. The molecule has 0 amide bonds. The largest absolute Gasteiger partial charge is 0.494 e. The highest BCUT2D eigenvalue weighted by Crippen LogP contribution is 2.46. The molecule has 188 valence electrons. The fraction of sp³-hybridized carbons (Fsp3) is 0.318. The molecule has 0 bridgehead atoms. The van der Waals surface area contributed by atoms with Gasteiger partial charge in [0, 0.05) is 19.6 Å². The molecule has 3 rings (SSSR count). The monoisotopic (exact) mass is 542 g/mol. The highest BCUT2D eigenvalue weighted by molar-refractivity contribution is 7.94. The fourth-order valence-corrected chi connectivity index (χ4v) is 4.53. The van der Waals surface area contributed by atoms with Crippen LogP contribution in [0, 0.1) is 0 Å². The molecule has 35 heavy (non-hydrogen) atoms. The highest BCUT2D eigenvalue weighted by atomic mass is 35.5. The van der Waals surface area contributed by atoms with Gasteiger partial charge < -0.3 is 14.9 Å². The van der Waals surface area contributed by atoms with Crippen LogP contribution in [0.3, 0.4) is 0 Å². The Balaban J connectivity index is 2.06. The van der Waals surface area contributed by atoms with Crippen LogP contribution in [-0.4, -0.2) is 31.9 Å². The lowest BCUT2D eigenvalue weighted by atomic mass is 10.2. The first-order valence-corrected chi connectivity index (χ1v) is 12.3. The number of halogens is 2. The van der Waals surface area contributed by atoms with Crippen LogP contribution in [0.4, 0.5) is 11.4 Å². The number of rotatable bonds is 9. The van der Waals surface area contributed by atoms with Crippen molar-refractivity contribution in [1.82, 2.24) is 9.13 Å². The average molecular weight is 543 g/mol. The van der Waals surface area contributed by atoms with Crippen molar-refractivity contribution < 1.29 is 19.7 Å². The minimum Gasteiger partial charge on any atom is -0.494 e. The molecule has 2 heterocycles. The van der Waals surface area contributed by atoms with E-state index in [-0.39, 0.29) is 24.5 Å². The zero-order chi connectivity index (χ0) is 25.7. The molecule has 1 aliphatic heterocycles. The topological polar surface area (TPSA) is 109 Å². The molecule has 10 nitrogen and oxygen atoms in total. The molecule has 0 fully saturated rings. The molecular weight excluding hydrogens is 519 g/mol. The van der Waals surface area contributed by atoms with Crippen LogP contribution in [-0.2, 0) is 22.5 Å². The van der Waals surface area contributed by atoms with E-state index in [9.17, 15) is 14.7 Å². The molecule has 0 aliphatic carbocycles. The summed E-state index contributed by atoms with van der Waals surface area (Å²) in [6.07, 6.45) is 4.65. The third-order valence-corrected chi connectivity index (χ3v) is 6.59. The van der Waals surface area contributed by atoms with E-state index in [1.54, 1.807) is 38.1 Å². The molecule has 0 saturated carbocycles. The maximum absolute atomic E-state index is 12.7. The Hall–Kier alpha value is -2.63. The number of nitrogens with zero attached hydrogens (tertiary/aromatic N) is 4. The lowest BCUT2D eigenvalue weighted by Gasteiger charge is -2.23. The molecule has 0 saturated heterocycles. The molecule has 0 spiro atoms. The summed E-state index contributed by atoms with van der Waals surface area (Å²) >= 11 is 13.3. The number of fused-ring (bicyclic) bond motifs is 1. The van der Waals surface area contributed by atoms with Gasteiger partial charge in [-0.25, -0.2) is 10.1 Å². The van der Waals surface area contributed by atoms with Crippen LogP contribution in [0.5, 0.6) is 5.88 Å². The van der Waals surface area contributed by atoms with Crippen LogP contribution >= 0.6 is 35.2 Å². The first kappa shape index (κ1) is 27.0. The van der Waals surface area contributed by atoms with Crippen molar-refractivity contribution in [3.8, 4) is 5.88 Å². The summed E-state index contributed by atoms with van der Waals surface area (Å²) < 4.78 is 6.72. The van der Waals surface area contributed by atoms with Gasteiger partial charge >= 0.3 is 5.69 Å². The molecule has 13 heteroatoms. The number of anilines is 2. The Morgan fingerprint density at radius 3 is 2.23 bits per heavy atom. The number of benzene rings is 1. The Bertz CT molecular complexity index is 1320. The fourth-order valence-electron chi connectivity index (χ4n) is 3.75. The van der Waals surface area contributed by atoms with E-state index in [0.29, 0.717) is 22.4 Å². The van der Waals surface area contributed by atoms with Crippen molar-refractivity contribution in [2.45, 2.75) is 33.9 Å². The standard InChI is InChI=1S/C22H24Cl2N4O6S/c1-4-25-17-11-15(23)16(24)12-18(17)28(13-35-34-33-32)19(25)10-8-7-9-14-20(29)26(5-2)22(31)27(6-3)21(14)30/h8-12,29,32H,4-6,13H2,1-3H3. The molecule has 1 aromatic heterocycles. The van der Waals surface area contributed by atoms with E-state index >= 15 is 0 Å². The minimum atomic E-state index is -0.597. The summed E-state index contributed by atoms with van der Waals surface area (Å²) in [5, 5.41) is 23.4. The van der Waals surface area contributed by atoms with Crippen LogP contribution < -0.4 is 21.0 Å². The zero-order valence-electron chi connectivity index (χ0n) is 19.2. The molecule has 0 atom stereocenters. The Labute approximate surface area is 215 Å². The second kappa shape index (κ2) is 11.9. The number of aromatic hydroxyl groups is 1. The van der Waals surface area contributed by atoms with Gasteiger partial charge in [0.05, 0.1) is 39.3 Å². The lowest BCUT2D eigenvalue weighted by Crippen LogP contribution is -2.40. The molecule has 0 unspecified atom stereocenters. The number of hydrogen-bond acceptors (Lipinski definition) is 9. The summed E-state index contributed by atoms with van der Waals surface area (Å²) in [4.78, 5) is 28.9. The van der Waals surface area contributed by atoms with Gasteiger partial charge in [0.2, 0.25) is 5.88 Å². The van der Waals surface area contributed by atoms with Crippen LogP contribution in [0.25, 0.3) is 6.08 Å². The highest BCUT2D eigenvalue weighted by Gasteiger charge is 2.31. The molecular formula is C22H24Cl2N4O6S. The smallest absolute Gasteiger partial charge is 0.333 e. The predicted octanol–water partition coefficient (Wildman–Crippen LogP) is 4.45. The van der Waals surface area contributed by atoms with Gasteiger partial charge in [-0.15, -0.1) is 10.1 Å². The molecule has 1 aromatic carbocycles. The predicted molar refractivity (Wildman–Crippen MR) is 138 cm³/mol. The maximum Gasteiger partial charge on any atom is 0.333 e. The zero-order valence-corrected chi connectivity index (χ0v) is 21.5. The summed E-state index contributed by atoms with van der Waals surface area (Å²) in [5.41, 5.74) is 3.27. The van der Waals surface area contributed by atoms with Crippen LogP contribution in [0.2, 0.25) is 10.0 Å². The normalized spacial score (nSPS) is 13.8. The Kier molecular flexibility index (Phi) is 9.15. The summed E-state index contributed by atoms with van der Waals surface area (Å²) in [6.45, 7) is 6.32. The van der Waals surface area contributed by atoms with E-state index in [1.807, 2.05) is 16.7 Å². The van der Waals surface area contributed by atoms with Crippen LogP contribution in [0.15, 0.2) is 45.4 Å². The first-order valence-electron chi connectivity index (χ1n) is 10.6. The van der Waals surface area contributed by atoms with E-state index in [4.69, 9.17) is 28.5 Å². The van der Waals surface area contributed by atoms with Crippen molar-refractivity contribution in [3.63, 3.8) is 0 Å². The number of allylic oxidation sites excluding steroid dienone is 2. The van der Waals surface area contributed by atoms with E-state index in [2.05, 4.69) is 15.1 Å². The van der Waals surface area contributed by atoms with Crippen molar-refractivity contribution in [2.24, 2.45) is 0 Å². The van der Waals surface area contributed by atoms with Gasteiger partial charge in [0.1, 0.15) is 11.4 Å². The summed E-state index contributed by atoms with van der Waals surface area (Å²) in [7, 11) is 0. The third-order valence-electron chi connectivity index (χ3n) is 5.35. The van der Waals surface area contributed by atoms with Gasteiger partial charge in [-0.1, -0.05) is 28.2 Å². The maximum atomic E-state index is 12.7. The van der Waals surface area contributed by atoms with Crippen molar-refractivity contribution >= 4 is 52.7 Å². The first-order chi connectivity index (χ1) is 16.8. The molecule has 0 radical (unpaired) electrons. The van der Waals surface area contributed by atoms with Gasteiger partial charge in [-0.3, -0.25) is 13.9 Å². The SMILES string of the molecule is CCN1C(=CC=C=Cc2c(O)n(CC)c(=O)n(CC)c2=O)N(CSOOO)c2cc(Cl)c(Cl)cc21. The molecule has 2 aromatic rings. The van der Waals surface area contributed by atoms with Gasteiger partial charge in [-0.2, -0.15) is 0 Å². The minimum absolute atomic E-state index is 0.0375. The Morgan fingerprint density at radius 2 is 1.66 bits per heavy atom. The van der Waals surface area contributed by atoms with Crippen molar-refractivity contribution in [1.29, 1.82) is 0 Å². The van der Waals surface area contributed by atoms with Crippen molar-refractivity contribution in [2.75, 3.05) is 22.2 Å². The summed E-state index contributed by atoms with van der Waals surface area (Å²) in [6, 6.07) is 3.48. The molecule has 1 aliphatic rings. The van der Waals surface area contributed by atoms with E-state index < -0.39 is 17.1 Å². The third kappa shape index (κ3) is 5.31. The van der Waals surface area contributed by atoms with E-state index in [1.165, 1.54) is 6.08 Å². The average Bonchev–Trinajstić information content (AvgIpc) is 3.10. The second-order valence-electron chi connectivity index (χ2n) is 7.13. The van der Waals surface area contributed by atoms with Gasteiger partial charge in [0.25, 0.3) is 5.56 Å². The number of hydrogen-bond donors (Lipinski definition) is 2.